The quantitative estimate of drug-likeness (QED) is 0.617. The molecule has 11 heavy (non-hydrogen) atoms. The van der Waals surface area contributed by atoms with Crippen LogP contribution in [0.4, 0.5) is 0 Å². The van der Waals surface area contributed by atoms with Crippen molar-refractivity contribution >= 4 is 18.8 Å². The first-order valence-corrected chi connectivity index (χ1v) is 8.00. The molecule has 0 rings (SSSR count). The molecule has 68 valence electrons. The molecule has 0 atom stereocenters. The van der Waals surface area contributed by atoms with Crippen molar-refractivity contribution in [3.8, 4) is 0 Å². The Morgan fingerprint density at radius 3 is 1.91 bits per heavy atom. The lowest BCUT2D eigenvalue weighted by Crippen LogP contribution is -2.23. The lowest BCUT2D eigenvalue weighted by Gasteiger charge is -2.21. The molecule has 0 heterocycles. The van der Waals surface area contributed by atoms with E-state index < -0.39 is 9.04 Å². The Morgan fingerprint density at radius 2 is 1.64 bits per heavy atom. The number of hydrogen-bond donors (Lipinski definition) is 0. The molecule has 0 amide bonds. The summed E-state index contributed by atoms with van der Waals surface area (Å²) in [6.07, 6.45) is 0. The predicted octanol–water partition coefficient (Wildman–Crippen LogP) is 2.07. The minimum absolute atomic E-state index is 0.258. The summed E-state index contributed by atoms with van der Waals surface area (Å²) in [5.41, 5.74) is 0. The number of rotatable bonds is 4. The van der Waals surface area contributed by atoms with Crippen LogP contribution in [0.25, 0.3) is 0 Å². The monoisotopic (exact) mass is 190 g/mol. The molecule has 0 fully saturated rings. The fourth-order valence-electron chi connectivity index (χ4n) is 0.892. The van der Waals surface area contributed by atoms with Gasteiger partial charge in [0.05, 0.1) is 0 Å². The van der Waals surface area contributed by atoms with Crippen LogP contribution in [0.3, 0.4) is 0 Å². The Kier molecular flexibility index (Phi) is 5.30. The molecule has 0 aliphatic heterocycles. The Balaban J connectivity index is 3.51. The fourth-order valence-corrected chi connectivity index (χ4v) is 6.30. The molecule has 0 spiro atoms. The lowest BCUT2D eigenvalue weighted by molar-refractivity contribution is 0.552. The normalized spacial score (nSPS) is 13.6. The molecule has 0 aromatic carbocycles. The van der Waals surface area contributed by atoms with E-state index in [9.17, 15) is 0 Å². The Bertz CT molecular complexity index is 94.8. The van der Waals surface area contributed by atoms with Gasteiger partial charge in [0.15, 0.2) is 18.8 Å². The van der Waals surface area contributed by atoms with E-state index in [0.717, 1.165) is 0 Å². The van der Waals surface area contributed by atoms with E-state index in [1.807, 2.05) is 0 Å². The molecular formula is C8H22OSi2. The maximum absolute atomic E-state index is 5.98. The zero-order valence-electron chi connectivity index (χ0n) is 8.61. The van der Waals surface area contributed by atoms with E-state index >= 15 is 0 Å². The highest BCUT2D eigenvalue weighted by Crippen LogP contribution is 2.20. The van der Waals surface area contributed by atoms with Crippen molar-refractivity contribution in [3.05, 3.63) is 0 Å². The van der Waals surface area contributed by atoms with Crippen LogP contribution in [0, 0.1) is 0 Å². The van der Waals surface area contributed by atoms with Crippen molar-refractivity contribution in [2.75, 3.05) is 0 Å². The van der Waals surface area contributed by atoms with Gasteiger partial charge in [0.1, 0.15) is 0 Å². The van der Waals surface area contributed by atoms with E-state index in [0.29, 0.717) is 5.04 Å². The van der Waals surface area contributed by atoms with Crippen LogP contribution >= 0.6 is 0 Å². The average molecular weight is 190 g/mol. The van der Waals surface area contributed by atoms with Crippen LogP contribution in [0.15, 0.2) is 0 Å². The van der Waals surface area contributed by atoms with Crippen LogP contribution in [0.2, 0.25) is 17.1 Å². The van der Waals surface area contributed by atoms with Gasteiger partial charge in [-0.15, -0.1) is 0 Å². The summed E-state index contributed by atoms with van der Waals surface area (Å²) < 4.78 is 5.98. The van der Waals surface area contributed by atoms with Crippen molar-refractivity contribution in [2.24, 2.45) is 0 Å². The van der Waals surface area contributed by atoms with Crippen LogP contribution < -0.4 is 0 Å². The van der Waals surface area contributed by atoms with Crippen LogP contribution in [-0.4, -0.2) is 18.8 Å². The maximum atomic E-state index is 5.98. The highest BCUT2D eigenvalue weighted by molar-refractivity contribution is 6.59. The number of hydrogen-bond acceptors (Lipinski definition) is 1. The Hall–Kier alpha value is 0.394. The largest absolute Gasteiger partial charge is 0.462 e. The van der Waals surface area contributed by atoms with Crippen molar-refractivity contribution in [2.45, 2.75) is 51.7 Å². The molecule has 0 saturated carbocycles. The van der Waals surface area contributed by atoms with Gasteiger partial charge in [-0.25, -0.2) is 0 Å². The standard InChI is InChI=1S/C8H22OSi2/c1-6-11(7-2)9-10-8(3,4)5/h11H,6-7,10H2,1-5H3. The molecule has 0 unspecified atom stereocenters. The topological polar surface area (TPSA) is 9.23 Å². The fraction of sp³-hybridized carbons (Fsp3) is 1.00. The van der Waals surface area contributed by atoms with Crippen molar-refractivity contribution in [1.29, 1.82) is 0 Å². The van der Waals surface area contributed by atoms with E-state index in [-0.39, 0.29) is 9.76 Å². The Morgan fingerprint density at radius 1 is 1.18 bits per heavy atom. The summed E-state index contributed by atoms with van der Waals surface area (Å²) in [5, 5.41) is 0.482. The molecule has 1 nitrogen and oxygen atoms in total. The van der Waals surface area contributed by atoms with E-state index in [2.05, 4.69) is 34.6 Å². The van der Waals surface area contributed by atoms with E-state index in [1.165, 1.54) is 12.1 Å². The molecule has 0 bridgehead atoms. The second-order valence-electron chi connectivity index (χ2n) is 4.31. The molecular weight excluding hydrogens is 168 g/mol. The van der Waals surface area contributed by atoms with Gasteiger partial charge in [-0.05, 0) is 17.1 Å². The molecule has 0 N–H and O–H groups in total. The third kappa shape index (κ3) is 6.78. The van der Waals surface area contributed by atoms with Gasteiger partial charge in [0, 0.05) is 0 Å². The second kappa shape index (κ2) is 5.11. The molecule has 0 radical (unpaired) electrons. The first-order valence-electron chi connectivity index (χ1n) is 4.61. The molecule has 0 aliphatic carbocycles. The third-order valence-corrected chi connectivity index (χ3v) is 6.90. The zero-order valence-corrected chi connectivity index (χ0v) is 11.2. The summed E-state index contributed by atoms with van der Waals surface area (Å²) in [6, 6.07) is 2.61. The summed E-state index contributed by atoms with van der Waals surface area (Å²) in [5.74, 6) is 0. The summed E-state index contributed by atoms with van der Waals surface area (Å²) in [7, 11) is -0.988. The van der Waals surface area contributed by atoms with E-state index in [1.54, 1.807) is 0 Å². The first kappa shape index (κ1) is 11.4. The van der Waals surface area contributed by atoms with Crippen LogP contribution in [0.5, 0.6) is 0 Å². The minimum atomic E-state index is -0.730. The molecule has 0 saturated heterocycles. The second-order valence-corrected chi connectivity index (χ2v) is 10.9. The predicted molar refractivity (Wildman–Crippen MR) is 57.5 cm³/mol. The van der Waals surface area contributed by atoms with Gasteiger partial charge in [-0.2, -0.15) is 0 Å². The smallest absolute Gasteiger partial charge is 0.162 e. The maximum Gasteiger partial charge on any atom is 0.162 e. The molecule has 3 heteroatoms. The highest BCUT2D eigenvalue weighted by Gasteiger charge is 2.14. The van der Waals surface area contributed by atoms with Gasteiger partial charge in [-0.1, -0.05) is 34.6 Å². The Labute approximate surface area is 75.2 Å². The highest BCUT2D eigenvalue weighted by atomic mass is 28.3. The van der Waals surface area contributed by atoms with Gasteiger partial charge in [-0.3, -0.25) is 0 Å². The summed E-state index contributed by atoms with van der Waals surface area (Å²) in [4.78, 5) is 0. The van der Waals surface area contributed by atoms with E-state index in [4.69, 9.17) is 4.12 Å². The average Bonchev–Trinajstić information content (AvgIpc) is 1.88. The van der Waals surface area contributed by atoms with Crippen LogP contribution in [-0.2, 0) is 4.12 Å². The first-order chi connectivity index (χ1) is 4.99. The molecule has 0 aromatic heterocycles. The van der Waals surface area contributed by atoms with Gasteiger partial charge in [0.25, 0.3) is 0 Å². The summed E-state index contributed by atoms with van der Waals surface area (Å²) >= 11 is 0. The van der Waals surface area contributed by atoms with Crippen molar-refractivity contribution in [1.82, 2.24) is 0 Å². The van der Waals surface area contributed by atoms with Gasteiger partial charge in [0.2, 0.25) is 0 Å². The van der Waals surface area contributed by atoms with Gasteiger partial charge < -0.3 is 4.12 Å². The summed E-state index contributed by atoms with van der Waals surface area (Å²) in [6.45, 7) is 11.4. The van der Waals surface area contributed by atoms with Crippen molar-refractivity contribution in [3.63, 3.8) is 0 Å². The van der Waals surface area contributed by atoms with Crippen LogP contribution in [0.1, 0.15) is 34.6 Å². The molecule has 0 aromatic rings. The zero-order chi connectivity index (χ0) is 8.91. The minimum Gasteiger partial charge on any atom is -0.462 e. The SMILES string of the molecule is CC[SiH](CC)O[SiH2]C(C)(C)C. The molecule has 0 aliphatic rings. The van der Waals surface area contributed by atoms with Crippen molar-refractivity contribution < 1.29 is 4.12 Å². The lowest BCUT2D eigenvalue weighted by atomic mass is 10.3. The third-order valence-electron chi connectivity index (χ3n) is 1.66. The van der Waals surface area contributed by atoms with Gasteiger partial charge >= 0.3 is 0 Å².